The molecule has 0 N–H and O–H groups in total. The fraction of sp³-hybridized carbons (Fsp3) is 0.462. The van der Waals surface area contributed by atoms with Gasteiger partial charge in [-0.25, -0.2) is 8.78 Å². The van der Waals surface area contributed by atoms with Crippen LogP contribution < -0.4 is 0 Å². The van der Waals surface area contributed by atoms with E-state index in [2.05, 4.69) is 15.9 Å². The summed E-state index contributed by atoms with van der Waals surface area (Å²) in [5.74, 6) is -0.337. The number of benzene rings is 1. The van der Waals surface area contributed by atoms with E-state index in [0.29, 0.717) is 10.9 Å². The molecular formula is C13H16BrF2NO. The molecule has 1 aromatic carbocycles. The molecule has 0 atom stereocenters. The van der Waals surface area contributed by atoms with Gasteiger partial charge in [-0.05, 0) is 31.0 Å². The lowest BCUT2D eigenvalue weighted by molar-refractivity contribution is 0.0572. The number of hydrogen-bond acceptors (Lipinski definition) is 1. The maximum Gasteiger partial charge on any atom is 0.255 e. The van der Waals surface area contributed by atoms with E-state index >= 15 is 0 Å². The Morgan fingerprint density at radius 1 is 1.39 bits per heavy atom. The van der Waals surface area contributed by atoms with Crippen LogP contribution in [0.4, 0.5) is 8.78 Å². The maximum atomic E-state index is 12.5. The second-order valence-electron chi connectivity index (χ2n) is 4.08. The van der Waals surface area contributed by atoms with E-state index in [1.165, 1.54) is 4.90 Å². The topological polar surface area (TPSA) is 20.3 Å². The quantitative estimate of drug-likeness (QED) is 0.762. The van der Waals surface area contributed by atoms with Crippen molar-refractivity contribution >= 4 is 21.8 Å². The summed E-state index contributed by atoms with van der Waals surface area (Å²) in [5.41, 5.74) is 2.32. The highest BCUT2D eigenvalue weighted by molar-refractivity contribution is 9.09. The number of carbonyl (C=O) groups is 1. The smallest absolute Gasteiger partial charge is 0.255 e. The fourth-order valence-electron chi connectivity index (χ4n) is 1.70. The van der Waals surface area contributed by atoms with E-state index in [-0.39, 0.29) is 12.5 Å². The zero-order valence-electron chi connectivity index (χ0n) is 10.4. The van der Waals surface area contributed by atoms with Crippen molar-refractivity contribution in [3.05, 3.63) is 34.9 Å². The molecule has 1 amide bonds. The first kappa shape index (κ1) is 15.1. The summed E-state index contributed by atoms with van der Waals surface area (Å²) in [4.78, 5) is 13.4. The molecule has 0 aliphatic carbocycles. The van der Waals surface area contributed by atoms with Gasteiger partial charge >= 0.3 is 0 Å². The van der Waals surface area contributed by atoms with Crippen molar-refractivity contribution in [1.29, 1.82) is 0 Å². The number of aryl methyl sites for hydroxylation is 1. The highest BCUT2D eigenvalue weighted by Gasteiger charge is 2.20. The minimum atomic E-state index is -2.52. The Morgan fingerprint density at radius 2 is 2.06 bits per heavy atom. The van der Waals surface area contributed by atoms with Crippen LogP contribution in [0.5, 0.6) is 0 Å². The molecule has 0 radical (unpaired) electrons. The molecule has 0 aromatic heterocycles. The molecule has 100 valence electrons. The molecule has 0 saturated heterocycles. The number of carbonyl (C=O) groups excluding carboxylic acids is 1. The summed E-state index contributed by atoms with van der Waals surface area (Å²) >= 11 is 3.17. The van der Waals surface area contributed by atoms with Gasteiger partial charge in [0.25, 0.3) is 12.3 Å². The third-order valence-electron chi connectivity index (χ3n) is 2.84. The average Bonchev–Trinajstić information content (AvgIpc) is 2.31. The van der Waals surface area contributed by atoms with E-state index in [1.54, 1.807) is 12.1 Å². The number of nitrogens with zero attached hydrogens (tertiary/aromatic N) is 1. The third-order valence-corrected chi connectivity index (χ3v) is 3.19. The van der Waals surface area contributed by atoms with Crippen molar-refractivity contribution < 1.29 is 13.6 Å². The molecule has 0 unspecified atom stereocenters. The van der Waals surface area contributed by atoms with Crippen LogP contribution in [-0.2, 0) is 0 Å². The van der Waals surface area contributed by atoms with Crippen LogP contribution in [0.3, 0.4) is 0 Å². The minimum Gasteiger partial charge on any atom is -0.332 e. The lowest BCUT2D eigenvalue weighted by Crippen LogP contribution is -2.37. The molecule has 0 aliphatic rings. The molecule has 1 aromatic rings. The van der Waals surface area contributed by atoms with Crippen LogP contribution in [-0.4, -0.2) is 35.7 Å². The Balaban J connectivity index is 2.98. The molecule has 2 nitrogen and oxygen atoms in total. The van der Waals surface area contributed by atoms with E-state index < -0.39 is 13.0 Å². The number of alkyl halides is 3. The second kappa shape index (κ2) is 6.83. The van der Waals surface area contributed by atoms with Gasteiger partial charge in [-0.1, -0.05) is 28.1 Å². The summed E-state index contributed by atoms with van der Waals surface area (Å²) < 4.78 is 24.9. The van der Waals surface area contributed by atoms with Crippen molar-refractivity contribution in [3.8, 4) is 0 Å². The Bertz CT molecular complexity index is 423. The molecule has 0 heterocycles. The first-order chi connectivity index (χ1) is 8.47. The monoisotopic (exact) mass is 319 g/mol. The molecule has 0 aliphatic heterocycles. The first-order valence-corrected chi connectivity index (χ1v) is 6.79. The van der Waals surface area contributed by atoms with Crippen LogP contribution in [0.25, 0.3) is 0 Å². The largest absolute Gasteiger partial charge is 0.332 e. The molecule has 0 fully saturated rings. The average molecular weight is 320 g/mol. The Hall–Kier alpha value is -0.970. The van der Waals surface area contributed by atoms with Gasteiger partial charge in [0.1, 0.15) is 0 Å². The van der Waals surface area contributed by atoms with Gasteiger partial charge in [-0.15, -0.1) is 0 Å². The predicted octanol–water partition coefficient (Wildman–Crippen LogP) is 3.41. The minimum absolute atomic E-state index is 0.274. The van der Waals surface area contributed by atoms with Gasteiger partial charge in [-0.2, -0.15) is 0 Å². The number of amides is 1. The number of hydrogen-bond donors (Lipinski definition) is 0. The predicted molar refractivity (Wildman–Crippen MR) is 71.6 cm³/mol. The van der Waals surface area contributed by atoms with Crippen molar-refractivity contribution in [1.82, 2.24) is 4.90 Å². The Kier molecular flexibility index (Phi) is 5.72. The van der Waals surface area contributed by atoms with Gasteiger partial charge in [0.15, 0.2) is 0 Å². The summed E-state index contributed by atoms with van der Waals surface area (Å²) in [6.45, 7) is 3.47. The summed E-state index contributed by atoms with van der Waals surface area (Å²) in [6, 6.07) is 5.34. The van der Waals surface area contributed by atoms with Crippen LogP contribution in [0.2, 0.25) is 0 Å². The lowest BCUT2D eigenvalue weighted by atomic mass is 10.0. The molecule has 0 saturated carbocycles. The SMILES string of the molecule is Cc1cccc(C(=O)N(CCBr)CC(F)F)c1C. The molecule has 0 bridgehead atoms. The second-order valence-corrected chi connectivity index (χ2v) is 4.87. The first-order valence-electron chi connectivity index (χ1n) is 5.67. The van der Waals surface area contributed by atoms with Gasteiger partial charge < -0.3 is 4.90 Å². The number of rotatable bonds is 5. The number of halogens is 3. The standard InChI is InChI=1S/C13H16BrF2NO/c1-9-4-3-5-11(10(9)2)13(18)17(7-6-14)8-12(15)16/h3-5,12H,6-8H2,1-2H3. The normalized spacial score (nSPS) is 10.8. The van der Waals surface area contributed by atoms with Crippen LogP contribution in [0.15, 0.2) is 18.2 Å². The van der Waals surface area contributed by atoms with E-state index in [0.717, 1.165) is 11.1 Å². The Morgan fingerprint density at radius 3 is 2.61 bits per heavy atom. The lowest BCUT2D eigenvalue weighted by Gasteiger charge is -2.22. The van der Waals surface area contributed by atoms with Crippen molar-refractivity contribution in [3.63, 3.8) is 0 Å². The third kappa shape index (κ3) is 3.77. The van der Waals surface area contributed by atoms with Crippen LogP contribution in [0.1, 0.15) is 21.5 Å². The maximum absolute atomic E-state index is 12.5. The Labute approximate surface area is 114 Å². The van der Waals surface area contributed by atoms with Crippen molar-refractivity contribution in [2.75, 3.05) is 18.4 Å². The summed E-state index contributed by atoms with van der Waals surface area (Å²) in [7, 11) is 0. The zero-order chi connectivity index (χ0) is 13.7. The molecular weight excluding hydrogens is 304 g/mol. The van der Waals surface area contributed by atoms with Gasteiger partial charge in [0, 0.05) is 17.4 Å². The molecule has 5 heteroatoms. The molecule has 1 rings (SSSR count). The summed E-state index contributed by atoms with van der Waals surface area (Å²) in [6.07, 6.45) is -2.52. The highest BCUT2D eigenvalue weighted by Crippen LogP contribution is 2.16. The highest BCUT2D eigenvalue weighted by atomic mass is 79.9. The van der Waals surface area contributed by atoms with Gasteiger partial charge in [-0.3, -0.25) is 4.79 Å². The van der Waals surface area contributed by atoms with Crippen molar-refractivity contribution in [2.45, 2.75) is 20.3 Å². The van der Waals surface area contributed by atoms with Crippen molar-refractivity contribution in [2.24, 2.45) is 0 Å². The van der Waals surface area contributed by atoms with Gasteiger partial charge in [0.2, 0.25) is 0 Å². The zero-order valence-corrected chi connectivity index (χ0v) is 12.0. The van der Waals surface area contributed by atoms with E-state index in [1.807, 2.05) is 19.9 Å². The molecule has 0 spiro atoms. The molecule has 18 heavy (non-hydrogen) atoms. The van der Waals surface area contributed by atoms with E-state index in [9.17, 15) is 13.6 Å². The van der Waals surface area contributed by atoms with E-state index in [4.69, 9.17) is 0 Å². The van der Waals surface area contributed by atoms with Crippen LogP contribution >= 0.6 is 15.9 Å². The fourth-order valence-corrected chi connectivity index (χ4v) is 2.13. The van der Waals surface area contributed by atoms with Crippen LogP contribution in [0, 0.1) is 13.8 Å². The van der Waals surface area contributed by atoms with Gasteiger partial charge in [0.05, 0.1) is 6.54 Å². The summed E-state index contributed by atoms with van der Waals surface area (Å²) in [5, 5.41) is 0.482.